The third kappa shape index (κ3) is 3.57. The van der Waals surface area contributed by atoms with Crippen molar-refractivity contribution >= 4 is 11.8 Å². The maximum absolute atomic E-state index is 12.5. The van der Waals surface area contributed by atoms with E-state index in [4.69, 9.17) is 4.74 Å². The van der Waals surface area contributed by atoms with Crippen molar-refractivity contribution in [2.75, 3.05) is 27.8 Å². The second kappa shape index (κ2) is 6.77. The lowest BCUT2D eigenvalue weighted by Gasteiger charge is -2.41. The summed E-state index contributed by atoms with van der Waals surface area (Å²) in [7, 11) is 5.25. The van der Waals surface area contributed by atoms with E-state index in [1.807, 2.05) is 0 Å². The van der Waals surface area contributed by atoms with E-state index in [2.05, 4.69) is 5.32 Å². The Morgan fingerprint density at radius 3 is 2.48 bits per heavy atom. The quantitative estimate of drug-likeness (QED) is 0.837. The third-order valence-electron chi connectivity index (χ3n) is 5.01. The van der Waals surface area contributed by atoms with E-state index in [1.54, 1.807) is 26.1 Å². The second-order valence-electron chi connectivity index (χ2n) is 6.83. The number of carbonyl (C=O) groups excluding carboxylic acids is 2. The molecule has 2 saturated carbocycles. The lowest BCUT2D eigenvalue weighted by atomic mass is 9.68. The largest absolute Gasteiger partial charge is 0.384 e. The Morgan fingerprint density at radius 2 is 1.95 bits per heavy atom. The third-order valence-corrected chi connectivity index (χ3v) is 5.01. The highest BCUT2D eigenvalue weighted by Crippen LogP contribution is 2.41. The topological polar surface area (TPSA) is 58.6 Å². The molecule has 0 aromatic carbocycles. The van der Waals surface area contributed by atoms with Crippen LogP contribution in [0.25, 0.3) is 0 Å². The average molecular weight is 296 g/mol. The maximum atomic E-state index is 12.5. The van der Waals surface area contributed by atoms with Gasteiger partial charge in [-0.15, -0.1) is 0 Å². The first-order valence-electron chi connectivity index (χ1n) is 7.99. The van der Waals surface area contributed by atoms with Crippen LogP contribution >= 0.6 is 0 Å². The lowest BCUT2D eigenvalue weighted by Crippen LogP contribution is -2.52. The molecular weight excluding hydrogens is 268 g/mol. The minimum Gasteiger partial charge on any atom is -0.384 e. The van der Waals surface area contributed by atoms with Crippen LogP contribution in [0.1, 0.15) is 44.9 Å². The van der Waals surface area contributed by atoms with Crippen LogP contribution in [0.3, 0.4) is 0 Å². The van der Waals surface area contributed by atoms with Crippen molar-refractivity contribution in [1.82, 2.24) is 10.2 Å². The number of amides is 2. The monoisotopic (exact) mass is 296 g/mol. The molecule has 1 N–H and O–H groups in total. The van der Waals surface area contributed by atoms with Gasteiger partial charge < -0.3 is 15.0 Å². The van der Waals surface area contributed by atoms with Crippen LogP contribution in [0.15, 0.2) is 0 Å². The van der Waals surface area contributed by atoms with E-state index >= 15 is 0 Å². The molecule has 5 heteroatoms. The van der Waals surface area contributed by atoms with Gasteiger partial charge in [0.15, 0.2) is 0 Å². The van der Waals surface area contributed by atoms with E-state index < -0.39 is 0 Å². The van der Waals surface area contributed by atoms with Gasteiger partial charge in [-0.05, 0) is 32.1 Å². The van der Waals surface area contributed by atoms with Crippen molar-refractivity contribution in [3.63, 3.8) is 0 Å². The molecule has 21 heavy (non-hydrogen) atoms. The highest BCUT2D eigenvalue weighted by Gasteiger charge is 2.45. The lowest BCUT2D eigenvalue weighted by molar-refractivity contribution is -0.142. The summed E-state index contributed by atoms with van der Waals surface area (Å²) in [6.07, 6.45) is 6.62. The van der Waals surface area contributed by atoms with Gasteiger partial charge in [-0.25, -0.2) is 0 Å². The van der Waals surface area contributed by atoms with Crippen LogP contribution in [0, 0.1) is 11.3 Å². The fourth-order valence-corrected chi connectivity index (χ4v) is 3.57. The highest BCUT2D eigenvalue weighted by molar-refractivity contribution is 5.84. The van der Waals surface area contributed by atoms with Crippen LogP contribution in [0.2, 0.25) is 0 Å². The van der Waals surface area contributed by atoms with Crippen molar-refractivity contribution in [2.24, 2.45) is 11.3 Å². The molecule has 2 aliphatic rings. The number of nitrogens with one attached hydrogen (secondary N) is 1. The number of methoxy groups -OCH3 is 1. The van der Waals surface area contributed by atoms with Gasteiger partial charge in [0.25, 0.3) is 0 Å². The number of hydrogen-bond acceptors (Lipinski definition) is 3. The molecule has 2 atom stereocenters. The summed E-state index contributed by atoms with van der Waals surface area (Å²) in [5, 5.41) is 3.18. The van der Waals surface area contributed by atoms with Crippen LogP contribution < -0.4 is 5.32 Å². The van der Waals surface area contributed by atoms with Gasteiger partial charge in [0.2, 0.25) is 11.8 Å². The fourth-order valence-electron chi connectivity index (χ4n) is 3.57. The van der Waals surface area contributed by atoms with Gasteiger partial charge >= 0.3 is 0 Å². The first-order chi connectivity index (χ1) is 9.98. The molecule has 2 aliphatic carbocycles. The maximum Gasteiger partial charge on any atom is 0.228 e. The number of hydrogen-bond donors (Lipinski definition) is 1. The second-order valence-corrected chi connectivity index (χ2v) is 6.83. The van der Waals surface area contributed by atoms with Gasteiger partial charge in [-0.1, -0.05) is 12.8 Å². The molecule has 2 rings (SSSR count). The Bertz CT molecular complexity index is 391. The van der Waals surface area contributed by atoms with Crippen molar-refractivity contribution in [2.45, 2.75) is 51.0 Å². The molecule has 0 saturated heterocycles. The van der Waals surface area contributed by atoms with Crippen LogP contribution in [0.5, 0.6) is 0 Å². The normalized spacial score (nSPS) is 27.6. The average Bonchev–Trinajstić information content (AvgIpc) is 2.42. The predicted molar refractivity (Wildman–Crippen MR) is 80.7 cm³/mol. The van der Waals surface area contributed by atoms with Crippen molar-refractivity contribution < 1.29 is 14.3 Å². The molecule has 2 amide bonds. The zero-order chi connectivity index (χ0) is 15.5. The molecular formula is C16H28N2O3. The summed E-state index contributed by atoms with van der Waals surface area (Å²) in [6, 6.07) is 0.134. The molecule has 5 nitrogen and oxygen atoms in total. The Kier molecular flexibility index (Phi) is 5.25. The predicted octanol–water partition coefficient (Wildman–Crippen LogP) is 1.57. The summed E-state index contributed by atoms with van der Waals surface area (Å²) in [4.78, 5) is 26.3. The zero-order valence-corrected chi connectivity index (χ0v) is 13.5. The van der Waals surface area contributed by atoms with Crippen LogP contribution in [0.4, 0.5) is 0 Å². The smallest absolute Gasteiger partial charge is 0.228 e. The molecule has 2 fully saturated rings. The van der Waals surface area contributed by atoms with Crippen molar-refractivity contribution in [3.05, 3.63) is 0 Å². The van der Waals surface area contributed by atoms with E-state index in [9.17, 15) is 9.59 Å². The van der Waals surface area contributed by atoms with Gasteiger partial charge in [-0.2, -0.15) is 0 Å². The number of carbonyl (C=O) groups is 2. The molecule has 120 valence electrons. The van der Waals surface area contributed by atoms with Crippen LogP contribution in [-0.2, 0) is 14.3 Å². The van der Waals surface area contributed by atoms with E-state index in [-0.39, 0.29) is 29.2 Å². The number of ether oxygens (including phenoxy) is 1. The van der Waals surface area contributed by atoms with Gasteiger partial charge in [0, 0.05) is 33.2 Å². The molecule has 0 aromatic heterocycles. The summed E-state index contributed by atoms with van der Waals surface area (Å²) in [5.41, 5.74) is -0.312. The zero-order valence-electron chi connectivity index (χ0n) is 13.5. The van der Waals surface area contributed by atoms with E-state index in [0.717, 1.165) is 44.9 Å². The van der Waals surface area contributed by atoms with E-state index in [0.29, 0.717) is 6.61 Å². The molecule has 0 heterocycles. The molecule has 0 aliphatic heterocycles. The highest BCUT2D eigenvalue weighted by atomic mass is 16.5. The van der Waals surface area contributed by atoms with Crippen LogP contribution in [-0.4, -0.2) is 50.6 Å². The fraction of sp³-hybridized carbons (Fsp3) is 0.875. The van der Waals surface area contributed by atoms with Crippen molar-refractivity contribution in [3.8, 4) is 0 Å². The Hall–Kier alpha value is -1.10. The summed E-state index contributed by atoms with van der Waals surface area (Å²) >= 11 is 0. The Morgan fingerprint density at radius 1 is 1.24 bits per heavy atom. The molecule has 0 aromatic rings. The van der Waals surface area contributed by atoms with Gasteiger partial charge in [-0.3, -0.25) is 9.59 Å². The molecule has 0 bridgehead atoms. The Balaban J connectivity index is 1.90. The molecule has 0 spiro atoms. The van der Waals surface area contributed by atoms with Gasteiger partial charge in [0.05, 0.1) is 12.0 Å². The Labute approximate surface area is 127 Å². The summed E-state index contributed by atoms with van der Waals surface area (Å²) in [6.45, 7) is 0.506. The number of rotatable bonds is 5. The first kappa shape index (κ1) is 16.3. The molecule has 2 unspecified atom stereocenters. The van der Waals surface area contributed by atoms with Crippen molar-refractivity contribution in [1.29, 1.82) is 0 Å². The summed E-state index contributed by atoms with van der Waals surface area (Å²) < 4.78 is 5.23. The summed E-state index contributed by atoms with van der Waals surface area (Å²) in [5.74, 6) is 0.363. The number of nitrogens with zero attached hydrogens (tertiary/aromatic N) is 1. The molecule has 0 radical (unpaired) electrons. The van der Waals surface area contributed by atoms with E-state index in [1.165, 1.54) is 0 Å². The minimum absolute atomic E-state index is 0.0545. The minimum atomic E-state index is -0.312. The first-order valence-corrected chi connectivity index (χ1v) is 7.99. The standard InChI is InChI=1S/C16H28N2O3/c1-18(2)14(19)12-6-4-7-13(10-12)17-15(20)16(11-21-3)8-5-9-16/h12-13H,4-11H2,1-3H3,(H,17,20). The SMILES string of the molecule is COCC1(C(=O)NC2CCCC(C(=O)N(C)C)C2)CCC1. The van der Waals surface area contributed by atoms with Gasteiger partial charge in [0.1, 0.15) is 0 Å².